The summed E-state index contributed by atoms with van der Waals surface area (Å²) in [6.07, 6.45) is -5.08. The molecule has 0 aliphatic carbocycles. The molecule has 0 saturated carbocycles. The van der Waals surface area contributed by atoms with Crippen LogP contribution in [-0.2, 0) is 4.79 Å². The first-order valence-corrected chi connectivity index (χ1v) is 4.04. The first-order chi connectivity index (χ1) is 6.38. The maximum atomic E-state index is 10.6. The second-order valence-electron chi connectivity index (χ2n) is 1.93. The summed E-state index contributed by atoms with van der Waals surface area (Å²) in [7, 11) is 0. The largest absolute Gasteiger partial charge is 0.490 e. The standard InChI is InChI=1S/C5H3NS.C2HF3O2/c6-3-5-1-2-7-4-5;3-2(4,5)1(6)7/h1-2,4H;(H,6,7). The van der Waals surface area contributed by atoms with Crippen molar-refractivity contribution in [3.8, 4) is 6.07 Å². The summed E-state index contributed by atoms with van der Waals surface area (Å²) in [5.41, 5.74) is 0.755. The van der Waals surface area contributed by atoms with E-state index in [0.29, 0.717) is 0 Å². The molecule has 0 saturated heterocycles. The monoisotopic (exact) mass is 223 g/mol. The summed E-state index contributed by atoms with van der Waals surface area (Å²) in [6.45, 7) is 0. The third-order valence-electron chi connectivity index (χ3n) is 0.893. The highest BCUT2D eigenvalue weighted by atomic mass is 32.1. The van der Waals surface area contributed by atoms with E-state index in [1.165, 1.54) is 0 Å². The predicted molar refractivity (Wildman–Crippen MR) is 42.7 cm³/mol. The molecule has 0 aliphatic rings. The predicted octanol–water partition coefficient (Wildman–Crippen LogP) is 2.25. The fourth-order valence-electron chi connectivity index (χ4n) is 0.328. The molecule has 3 nitrogen and oxygen atoms in total. The molecule has 1 heterocycles. The molecule has 0 spiro atoms. The van der Waals surface area contributed by atoms with Gasteiger partial charge in [0, 0.05) is 5.38 Å². The Morgan fingerprint density at radius 1 is 1.57 bits per heavy atom. The van der Waals surface area contributed by atoms with Crippen LogP contribution in [0.5, 0.6) is 0 Å². The average molecular weight is 223 g/mol. The van der Waals surface area contributed by atoms with Crippen LogP contribution in [0.2, 0.25) is 0 Å². The topological polar surface area (TPSA) is 61.1 Å². The molecule has 7 heteroatoms. The van der Waals surface area contributed by atoms with Gasteiger partial charge in [-0.05, 0) is 11.4 Å². The van der Waals surface area contributed by atoms with Crippen LogP contribution < -0.4 is 0 Å². The number of rotatable bonds is 0. The Morgan fingerprint density at radius 2 is 2.07 bits per heavy atom. The van der Waals surface area contributed by atoms with E-state index < -0.39 is 12.1 Å². The molecule has 1 aromatic rings. The van der Waals surface area contributed by atoms with E-state index in [2.05, 4.69) is 0 Å². The van der Waals surface area contributed by atoms with Crippen molar-refractivity contribution in [2.24, 2.45) is 0 Å². The molecule has 1 N–H and O–H groups in total. The van der Waals surface area contributed by atoms with Crippen LogP contribution in [0.3, 0.4) is 0 Å². The molecular formula is C7H4F3NO2S. The lowest BCUT2D eigenvalue weighted by atomic mass is 10.4. The fourth-order valence-corrected chi connectivity index (χ4v) is 0.910. The van der Waals surface area contributed by atoms with Crippen molar-refractivity contribution in [1.29, 1.82) is 5.26 Å². The summed E-state index contributed by atoms with van der Waals surface area (Å²) >= 11 is 1.54. The molecule has 0 atom stereocenters. The van der Waals surface area contributed by atoms with Crippen LogP contribution >= 0.6 is 11.3 Å². The van der Waals surface area contributed by atoms with Gasteiger partial charge in [0.2, 0.25) is 0 Å². The Morgan fingerprint density at radius 3 is 2.21 bits per heavy atom. The summed E-state index contributed by atoms with van der Waals surface area (Å²) in [5.74, 6) is -2.76. The van der Waals surface area contributed by atoms with E-state index in [0.717, 1.165) is 5.56 Å². The maximum absolute atomic E-state index is 10.6. The van der Waals surface area contributed by atoms with E-state index >= 15 is 0 Å². The number of halogens is 3. The van der Waals surface area contributed by atoms with Crippen LogP contribution in [0.25, 0.3) is 0 Å². The van der Waals surface area contributed by atoms with Gasteiger partial charge in [0.15, 0.2) is 0 Å². The van der Waals surface area contributed by atoms with Crippen molar-refractivity contribution in [3.63, 3.8) is 0 Å². The number of alkyl halides is 3. The third-order valence-corrected chi connectivity index (χ3v) is 1.58. The molecule has 0 aliphatic heterocycles. The van der Waals surface area contributed by atoms with Crippen molar-refractivity contribution >= 4 is 17.3 Å². The van der Waals surface area contributed by atoms with Gasteiger partial charge in [-0.3, -0.25) is 0 Å². The Hall–Kier alpha value is -1.55. The van der Waals surface area contributed by atoms with Crippen LogP contribution in [0.15, 0.2) is 16.8 Å². The summed E-state index contributed by atoms with van der Waals surface area (Å²) in [6, 6.07) is 3.81. The minimum absolute atomic E-state index is 0.755. The van der Waals surface area contributed by atoms with Gasteiger partial charge in [-0.1, -0.05) is 0 Å². The summed E-state index contributed by atoms with van der Waals surface area (Å²) < 4.78 is 31.7. The molecule has 0 amide bonds. The zero-order valence-electron chi connectivity index (χ0n) is 6.58. The van der Waals surface area contributed by atoms with Gasteiger partial charge in [0.05, 0.1) is 11.6 Å². The Labute approximate surface area is 81.0 Å². The Kier molecular flexibility index (Phi) is 4.66. The van der Waals surface area contributed by atoms with Gasteiger partial charge in [-0.2, -0.15) is 29.8 Å². The van der Waals surface area contributed by atoms with E-state index in [1.807, 2.05) is 16.8 Å². The number of nitrogens with zero attached hydrogens (tertiary/aromatic N) is 1. The number of thiophene rings is 1. The lowest BCUT2D eigenvalue weighted by molar-refractivity contribution is -0.192. The third kappa shape index (κ3) is 5.16. The maximum Gasteiger partial charge on any atom is 0.490 e. The molecule has 14 heavy (non-hydrogen) atoms. The number of hydrogen-bond donors (Lipinski definition) is 1. The van der Waals surface area contributed by atoms with Gasteiger partial charge >= 0.3 is 12.1 Å². The van der Waals surface area contributed by atoms with Gasteiger partial charge < -0.3 is 5.11 Å². The molecule has 1 aromatic heterocycles. The second kappa shape index (κ2) is 5.24. The molecule has 0 aromatic carbocycles. The lowest BCUT2D eigenvalue weighted by Crippen LogP contribution is -2.21. The lowest BCUT2D eigenvalue weighted by Gasteiger charge is -1.93. The zero-order valence-corrected chi connectivity index (χ0v) is 7.39. The van der Waals surface area contributed by atoms with Crippen LogP contribution in [-0.4, -0.2) is 17.3 Å². The molecule has 1 rings (SSSR count). The van der Waals surface area contributed by atoms with Crippen molar-refractivity contribution in [1.82, 2.24) is 0 Å². The summed E-state index contributed by atoms with van der Waals surface area (Å²) in [4.78, 5) is 8.90. The molecule has 0 bridgehead atoms. The van der Waals surface area contributed by atoms with Gasteiger partial charge in [-0.15, -0.1) is 0 Å². The molecule has 0 fully saturated rings. The number of nitriles is 1. The Balaban J connectivity index is 0.000000241. The fraction of sp³-hybridized carbons (Fsp3) is 0.143. The van der Waals surface area contributed by atoms with Crippen LogP contribution in [0.4, 0.5) is 13.2 Å². The molecular weight excluding hydrogens is 219 g/mol. The van der Waals surface area contributed by atoms with E-state index in [1.54, 1.807) is 17.4 Å². The van der Waals surface area contributed by atoms with Crippen molar-refractivity contribution in [2.75, 3.05) is 0 Å². The molecule has 0 radical (unpaired) electrons. The van der Waals surface area contributed by atoms with Gasteiger partial charge in [-0.25, -0.2) is 4.79 Å². The second-order valence-corrected chi connectivity index (χ2v) is 2.71. The number of carboxylic acids is 1. The van der Waals surface area contributed by atoms with Gasteiger partial charge in [0.25, 0.3) is 0 Å². The highest BCUT2D eigenvalue weighted by molar-refractivity contribution is 7.08. The number of aliphatic carboxylic acids is 1. The first kappa shape index (κ1) is 12.4. The zero-order chi connectivity index (χ0) is 11.2. The quantitative estimate of drug-likeness (QED) is 0.733. The van der Waals surface area contributed by atoms with E-state index in [9.17, 15) is 13.2 Å². The van der Waals surface area contributed by atoms with Crippen molar-refractivity contribution in [2.45, 2.75) is 6.18 Å². The van der Waals surface area contributed by atoms with Crippen LogP contribution in [0, 0.1) is 11.3 Å². The van der Waals surface area contributed by atoms with Crippen molar-refractivity contribution < 1.29 is 23.1 Å². The van der Waals surface area contributed by atoms with E-state index in [4.69, 9.17) is 15.2 Å². The summed E-state index contributed by atoms with van der Waals surface area (Å²) in [5, 5.41) is 19.0. The van der Waals surface area contributed by atoms with Crippen molar-refractivity contribution in [3.05, 3.63) is 22.4 Å². The highest BCUT2D eigenvalue weighted by Crippen LogP contribution is 2.13. The number of hydrogen-bond acceptors (Lipinski definition) is 3. The average Bonchev–Trinajstić information content (AvgIpc) is 2.54. The minimum atomic E-state index is -5.08. The van der Waals surface area contributed by atoms with E-state index in [-0.39, 0.29) is 0 Å². The number of carboxylic acid groups (broad SMARTS) is 1. The normalized spacial score (nSPS) is 9.57. The Bertz CT molecular complexity index is 326. The molecule has 0 unspecified atom stereocenters. The van der Waals surface area contributed by atoms with Crippen LogP contribution in [0.1, 0.15) is 5.56 Å². The molecule has 76 valence electrons. The first-order valence-electron chi connectivity index (χ1n) is 3.10. The smallest absolute Gasteiger partial charge is 0.475 e. The SMILES string of the molecule is N#Cc1ccsc1.O=C(O)C(F)(F)F. The van der Waals surface area contributed by atoms with Gasteiger partial charge in [0.1, 0.15) is 0 Å². The highest BCUT2D eigenvalue weighted by Gasteiger charge is 2.38. The minimum Gasteiger partial charge on any atom is -0.475 e. The number of carbonyl (C=O) groups is 1.